The molecule has 102 valence electrons. The Morgan fingerprint density at radius 3 is 3.00 bits per heavy atom. The van der Waals surface area contributed by atoms with Crippen LogP contribution < -0.4 is 5.32 Å². The quantitative estimate of drug-likeness (QED) is 0.544. The maximum Gasteiger partial charge on any atom is 0.183 e. The van der Waals surface area contributed by atoms with E-state index in [1.807, 2.05) is 19.1 Å². The smallest absolute Gasteiger partial charge is 0.183 e. The Morgan fingerprint density at radius 1 is 1.20 bits per heavy atom. The molecule has 0 amide bonds. The first-order valence-electron chi connectivity index (χ1n) is 6.13. The molecule has 20 heavy (non-hydrogen) atoms. The number of nitrogens with one attached hydrogen (secondary N) is 2. The number of aromatic amines is 1. The zero-order valence-electron chi connectivity index (χ0n) is 10.9. The fourth-order valence-corrected chi connectivity index (χ4v) is 2.38. The second-order valence-corrected chi connectivity index (χ2v) is 5.19. The highest BCUT2D eigenvalue weighted by Gasteiger charge is 2.05. The number of thioether (sulfide) groups is 1. The molecule has 0 spiro atoms. The van der Waals surface area contributed by atoms with Gasteiger partial charge in [-0.1, -0.05) is 11.8 Å². The topological polar surface area (TPSA) is 92.3 Å². The van der Waals surface area contributed by atoms with Crippen LogP contribution in [0.3, 0.4) is 0 Å². The Kier molecular flexibility index (Phi) is 3.73. The van der Waals surface area contributed by atoms with Crippen LogP contribution in [0.1, 0.15) is 5.69 Å². The van der Waals surface area contributed by atoms with Gasteiger partial charge in [0.15, 0.2) is 11.0 Å². The first-order chi connectivity index (χ1) is 9.83. The summed E-state index contributed by atoms with van der Waals surface area (Å²) in [6, 6.07) is 3.90. The summed E-state index contributed by atoms with van der Waals surface area (Å²) in [5.74, 6) is 1.61. The van der Waals surface area contributed by atoms with E-state index < -0.39 is 0 Å². The molecule has 0 fully saturated rings. The molecule has 0 aliphatic carbocycles. The first-order valence-corrected chi connectivity index (χ1v) is 7.12. The van der Waals surface area contributed by atoms with Gasteiger partial charge in [-0.2, -0.15) is 5.10 Å². The highest BCUT2D eigenvalue weighted by atomic mass is 32.2. The Hall–Kier alpha value is -2.22. The van der Waals surface area contributed by atoms with E-state index in [9.17, 15) is 0 Å². The number of aryl methyl sites for hydroxylation is 1. The van der Waals surface area contributed by atoms with Crippen LogP contribution in [0, 0.1) is 6.92 Å². The number of rotatable bonds is 5. The minimum Gasteiger partial charge on any atom is -0.367 e. The van der Waals surface area contributed by atoms with Crippen LogP contribution in [0.4, 0.5) is 5.82 Å². The average molecular weight is 287 g/mol. The van der Waals surface area contributed by atoms with Gasteiger partial charge in [0.2, 0.25) is 0 Å². The number of pyridine rings is 1. The summed E-state index contributed by atoms with van der Waals surface area (Å²) >= 11 is 1.60. The SMILES string of the molecule is Cc1ccc2ncnc(NCCSc3ncn[nH]3)c2n1. The predicted molar refractivity (Wildman–Crippen MR) is 77.7 cm³/mol. The van der Waals surface area contributed by atoms with Gasteiger partial charge in [-0.25, -0.2) is 19.9 Å². The minimum absolute atomic E-state index is 0.757. The molecule has 0 aromatic carbocycles. The van der Waals surface area contributed by atoms with Gasteiger partial charge in [-0.3, -0.25) is 5.10 Å². The van der Waals surface area contributed by atoms with Gasteiger partial charge in [0.25, 0.3) is 0 Å². The van der Waals surface area contributed by atoms with E-state index in [0.717, 1.165) is 40.0 Å². The van der Waals surface area contributed by atoms with Gasteiger partial charge in [0.1, 0.15) is 18.2 Å². The number of nitrogens with zero attached hydrogens (tertiary/aromatic N) is 5. The molecule has 0 aliphatic rings. The third-order valence-corrected chi connectivity index (χ3v) is 3.53. The van der Waals surface area contributed by atoms with Crippen LogP contribution in [0.25, 0.3) is 11.0 Å². The molecule has 0 atom stereocenters. The van der Waals surface area contributed by atoms with Crippen molar-refractivity contribution in [3.05, 3.63) is 30.5 Å². The summed E-state index contributed by atoms with van der Waals surface area (Å²) in [6.07, 6.45) is 3.05. The minimum atomic E-state index is 0.757. The van der Waals surface area contributed by atoms with Crippen LogP contribution in [0.15, 0.2) is 29.9 Å². The molecule has 2 N–H and O–H groups in total. The fraction of sp³-hybridized carbons (Fsp3) is 0.250. The summed E-state index contributed by atoms with van der Waals surface area (Å²) in [5.41, 5.74) is 2.60. The summed E-state index contributed by atoms with van der Waals surface area (Å²) in [7, 11) is 0. The normalized spacial score (nSPS) is 10.8. The molecule has 3 heterocycles. The molecular formula is C12H13N7S. The highest BCUT2D eigenvalue weighted by Crippen LogP contribution is 2.17. The molecule has 0 bridgehead atoms. The molecule has 0 saturated carbocycles. The molecule has 8 heteroatoms. The van der Waals surface area contributed by atoms with Gasteiger partial charge in [-0.05, 0) is 19.1 Å². The third kappa shape index (κ3) is 2.85. The summed E-state index contributed by atoms with van der Waals surface area (Å²) in [6.45, 7) is 2.71. The number of anilines is 1. The summed E-state index contributed by atoms with van der Waals surface area (Å²) in [5, 5.41) is 10.7. The molecule has 7 nitrogen and oxygen atoms in total. The molecular weight excluding hydrogens is 274 g/mol. The lowest BCUT2D eigenvalue weighted by Gasteiger charge is -2.07. The molecule has 3 aromatic heterocycles. The lowest BCUT2D eigenvalue weighted by Crippen LogP contribution is -2.07. The van der Waals surface area contributed by atoms with Crippen molar-refractivity contribution >= 4 is 28.6 Å². The van der Waals surface area contributed by atoms with E-state index in [4.69, 9.17) is 0 Å². The van der Waals surface area contributed by atoms with Crippen molar-refractivity contribution in [2.75, 3.05) is 17.6 Å². The Morgan fingerprint density at radius 2 is 2.15 bits per heavy atom. The Labute approximate surface area is 119 Å². The van der Waals surface area contributed by atoms with Gasteiger partial charge in [0.05, 0.1) is 5.52 Å². The van der Waals surface area contributed by atoms with Gasteiger partial charge in [0, 0.05) is 18.0 Å². The van der Waals surface area contributed by atoms with Crippen LogP contribution in [0.5, 0.6) is 0 Å². The van der Waals surface area contributed by atoms with E-state index in [-0.39, 0.29) is 0 Å². The summed E-state index contributed by atoms with van der Waals surface area (Å²) < 4.78 is 0. The first kappa shape index (κ1) is 12.8. The van der Waals surface area contributed by atoms with E-state index in [1.165, 1.54) is 6.33 Å². The second kappa shape index (κ2) is 5.83. The molecule has 0 radical (unpaired) electrons. The van der Waals surface area contributed by atoms with Gasteiger partial charge < -0.3 is 5.32 Å². The highest BCUT2D eigenvalue weighted by molar-refractivity contribution is 7.99. The number of aromatic nitrogens is 6. The number of hydrogen-bond donors (Lipinski definition) is 2. The zero-order chi connectivity index (χ0) is 13.8. The van der Waals surface area contributed by atoms with E-state index in [1.54, 1.807) is 18.1 Å². The van der Waals surface area contributed by atoms with Crippen molar-refractivity contribution < 1.29 is 0 Å². The van der Waals surface area contributed by atoms with Crippen LogP contribution >= 0.6 is 11.8 Å². The van der Waals surface area contributed by atoms with Crippen LogP contribution in [-0.2, 0) is 0 Å². The van der Waals surface area contributed by atoms with Crippen LogP contribution in [-0.4, -0.2) is 42.4 Å². The number of fused-ring (bicyclic) bond motifs is 1. The van der Waals surface area contributed by atoms with Gasteiger partial charge >= 0.3 is 0 Å². The van der Waals surface area contributed by atoms with Crippen molar-refractivity contribution in [2.24, 2.45) is 0 Å². The molecule has 0 saturated heterocycles. The third-order valence-electron chi connectivity index (χ3n) is 2.65. The van der Waals surface area contributed by atoms with Crippen molar-refractivity contribution in [3.63, 3.8) is 0 Å². The Balaban J connectivity index is 1.66. The van der Waals surface area contributed by atoms with Crippen molar-refractivity contribution in [3.8, 4) is 0 Å². The molecule has 0 aliphatic heterocycles. The fourth-order valence-electron chi connectivity index (χ4n) is 1.75. The van der Waals surface area contributed by atoms with E-state index >= 15 is 0 Å². The Bertz CT molecular complexity index is 698. The van der Waals surface area contributed by atoms with Crippen LogP contribution in [0.2, 0.25) is 0 Å². The van der Waals surface area contributed by atoms with E-state index in [2.05, 4.69) is 35.5 Å². The molecule has 3 aromatic rings. The molecule has 3 rings (SSSR count). The lowest BCUT2D eigenvalue weighted by atomic mass is 10.3. The summed E-state index contributed by atoms with van der Waals surface area (Å²) in [4.78, 5) is 17.0. The van der Waals surface area contributed by atoms with Crippen molar-refractivity contribution in [1.29, 1.82) is 0 Å². The monoisotopic (exact) mass is 287 g/mol. The van der Waals surface area contributed by atoms with Crippen molar-refractivity contribution in [1.82, 2.24) is 30.1 Å². The average Bonchev–Trinajstić information content (AvgIpc) is 2.97. The molecule has 0 unspecified atom stereocenters. The number of H-pyrrole nitrogens is 1. The maximum absolute atomic E-state index is 4.48. The second-order valence-electron chi connectivity index (χ2n) is 4.11. The zero-order valence-corrected chi connectivity index (χ0v) is 11.7. The standard InChI is InChI=1S/C12H13N7S/c1-8-2-3-9-10(18-8)11(15-6-14-9)13-4-5-20-12-16-7-17-19-12/h2-3,6-7H,4-5H2,1H3,(H,13,14,15)(H,16,17,19). The predicted octanol–water partition coefficient (Wildman–Crippen LogP) is 1.66. The number of hydrogen-bond acceptors (Lipinski definition) is 7. The maximum atomic E-state index is 4.48. The van der Waals surface area contributed by atoms with Crippen molar-refractivity contribution in [2.45, 2.75) is 12.1 Å². The lowest BCUT2D eigenvalue weighted by molar-refractivity contribution is 0.972. The van der Waals surface area contributed by atoms with E-state index in [0.29, 0.717) is 0 Å². The largest absolute Gasteiger partial charge is 0.367 e. The van der Waals surface area contributed by atoms with Gasteiger partial charge in [-0.15, -0.1) is 0 Å².